The molecule has 0 atom stereocenters. The molecule has 3 rings (SSSR count). The van der Waals surface area contributed by atoms with Crippen LogP contribution in [0.4, 0.5) is 5.69 Å². The number of pyridine rings is 1. The molecule has 1 aromatic carbocycles. The average Bonchev–Trinajstić information content (AvgIpc) is 2.54. The third kappa shape index (κ3) is 3.57. The fourth-order valence-electron chi connectivity index (χ4n) is 3.26. The van der Waals surface area contributed by atoms with Crippen molar-refractivity contribution < 1.29 is 5.11 Å². The summed E-state index contributed by atoms with van der Waals surface area (Å²) in [6.45, 7) is 6.34. The van der Waals surface area contributed by atoms with Gasteiger partial charge in [-0.25, -0.2) is 0 Å². The van der Waals surface area contributed by atoms with Crippen molar-refractivity contribution in [1.82, 2.24) is 9.88 Å². The van der Waals surface area contributed by atoms with Gasteiger partial charge < -0.3 is 15.3 Å². The molecule has 22 heavy (non-hydrogen) atoms. The molecule has 0 spiro atoms. The molecule has 1 aliphatic rings. The van der Waals surface area contributed by atoms with Crippen LogP contribution >= 0.6 is 0 Å². The van der Waals surface area contributed by atoms with Crippen LogP contribution in [0.5, 0.6) is 0 Å². The Balaban J connectivity index is 1.63. The van der Waals surface area contributed by atoms with Crippen molar-refractivity contribution in [2.24, 2.45) is 5.92 Å². The summed E-state index contributed by atoms with van der Waals surface area (Å²) in [7, 11) is 0. The molecule has 1 aliphatic heterocycles. The summed E-state index contributed by atoms with van der Waals surface area (Å²) in [5.74, 6) is 0.710. The topological polar surface area (TPSA) is 48.4 Å². The largest absolute Gasteiger partial charge is 0.395 e. The molecule has 1 saturated heterocycles. The van der Waals surface area contributed by atoms with E-state index in [0.717, 1.165) is 37.4 Å². The number of aromatic nitrogens is 1. The number of nitrogens with one attached hydrogen (secondary N) is 1. The van der Waals surface area contributed by atoms with Gasteiger partial charge in [0.15, 0.2) is 0 Å². The number of aryl methyl sites for hydroxylation is 1. The van der Waals surface area contributed by atoms with E-state index >= 15 is 0 Å². The summed E-state index contributed by atoms with van der Waals surface area (Å²) >= 11 is 0. The van der Waals surface area contributed by atoms with E-state index in [4.69, 9.17) is 5.11 Å². The Bertz CT molecular complexity index is 621. The van der Waals surface area contributed by atoms with Gasteiger partial charge >= 0.3 is 0 Å². The van der Waals surface area contributed by atoms with Gasteiger partial charge in [-0.1, -0.05) is 18.2 Å². The quantitative estimate of drug-likeness (QED) is 0.891. The summed E-state index contributed by atoms with van der Waals surface area (Å²) in [6.07, 6.45) is 2.41. The molecule has 2 N–H and O–H groups in total. The smallest absolute Gasteiger partial charge is 0.0725 e. The minimum Gasteiger partial charge on any atom is -0.395 e. The predicted molar refractivity (Wildman–Crippen MR) is 91.2 cm³/mol. The molecule has 1 aromatic heterocycles. The first-order valence-corrected chi connectivity index (χ1v) is 8.20. The maximum atomic E-state index is 9.00. The summed E-state index contributed by atoms with van der Waals surface area (Å²) in [4.78, 5) is 6.94. The molecule has 0 bridgehead atoms. The first kappa shape index (κ1) is 15.3. The molecular weight excluding hydrogens is 274 g/mol. The molecule has 0 unspecified atom stereocenters. The van der Waals surface area contributed by atoms with E-state index in [1.807, 2.05) is 13.0 Å². The molecule has 4 heteroatoms. The standard InChI is InChI=1S/C18H25N3O/c1-14-12-18(16-4-2-3-5-17(16)20-14)19-13-15-6-8-21(9-7-15)10-11-22/h2-5,12,15,22H,6-11,13H2,1H3,(H,19,20). The fraction of sp³-hybridized carbons (Fsp3) is 0.500. The molecule has 0 amide bonds. The van der Waals surface area contributed by atoms with Crippen LogP contribution in [0, 0.1) is 12.8 Å². The lowest BCUT2D eigenvalue weighted by atomic mass is 9.96. The molecule has 1 fully saturated rings. The Hall–Kier alpha value is -1.65. The van der Waals surface area contributed by atoms with Gasteiger partial charge in [-0.3, -0.25) is 4.98 Å². The minimum atomic E-state index is 0.269. The van der Waals surface area contributed by atoms with E-state index < -0.39 is 0 Å². The van der Waals surface area contributed by atoms with Crippen LogP contribution in [-0.4, -0.2) is 47.8 Å². The van der Waals surface area contributed by atoms with Gasteiger partial charge in [0.25, 0.3) is 0 Å². The first-order valence-electron chi connectivity index (χ1n) is 8.20. The lowest BCUT2D eigenvalue weighted by Gasteiger charge is -2.31. The number of rotatable bonds is 5. The molecule has 0 radical (unpaired) electrons. The van der Waals surface area contributed by atoms with Crippen molar-refractivity contribution in [3.63, 3.8) is 0 Å². The van der Waals surface area contributed by atoms with Gasteiger partial charge in [0, 0.05) is 29.9 Å². The number of nitrogens with zero attached hydrogens (tertiary/aromatic N) is 2. The van der Waals surface area contributed by atoms with Gasteiger partial charge in [-0.2, -0.15) is 0 Å². The van der Waals surface area contributed by atoms with E-state index in [9.17, 15) is 0 Å². The van der Waals surface area contributed by atoms with E-state index in [1.54, 1.807) is 0 Å². The Morgan fingerprint density at radius 3 is 2.82 bits per heavy atom. The minimum absolute atomic E-state index is 0.269. The number of piperidine rings is 1. The monoisotopic (exact) mass is 299 g/mol. The van der Waals surface area contributed by atoms with Crippen molar-refractivity contribution >= 4 is 16.6 Å². The molecule has 0 saturated carbocycles. The lowest BCUT2D eigenvalue weighted by Crippen LogP contribution is -2.37. The van der Waals surface area contributed by atoms with Gasteiger partial charge in [0.1, 0.15) is 0 Å². The number of benzene rings is 1. The van der Waals surface area contributed by atoms with E-state index in [0.29, 0.717) is 5.92 Å². The second-order valence-electron chi connectivity index (χ2n) is 6.22. The zero-order chi connectivity index (χ0) is 15.4. The normalized spacial score (nSPS) is 17.0. The highest BCUT2D eigenvalue weighted by Crippen LogP contribution is 2.24. The highest BCUT2D eigenvalue weighted by atomic mass is 16.3. The van der Waals surface area contributed by atoms with Gasteiger partial charge in [0.05, 0.1) is 12.1 Å². The molecule has 2 aromatic rings. The number of para-hydroxylation sites is 1. The molecule has 2 heterocycles. The first-order chi connectivity index (χ1) is 10.8. The third-order valence-corrected chi connectivity index (χ3v) is 4.55. The molecule has 118 valence electrons. The second-order valence-corrected chi connectivity index (χ2v) is 6.22. The predicted octanol–water partition coefficient (Wildman–Crippen LogP) is 2.66. The number of aliphatic hydroxyl groups is 1. The number of fused-ring (bicyclic) bond motifs is 1. The van der Waals surface area contributed by atoms with E-state index in [-0.39, 0.29) is 6.61 Å². The van der Waals surface area contributed by atoms with Crippen LogP contribution in [0.3, 0.4) is 0 Å². The summed E-state index contributed by atoms with van der Waals surface area (Å²) < 4.78 is 0. The van der Waals surface area contributed by atoms with E-state index in [1.165, 1.54) is 23.9 Å². The van der Waals surface area contributed by atoms with Crippen LogP contribution in [-0.2, 0) is 0 Å². The summed E-state index contributed by atoms with van der Waals surface area (Å²) in [6, 6.07) is 10.4. The number of hydrogen-bond acceptors (Lipinski definition) is 4. The van der Waals surface area contributed by atoms with Crippen LogP contribution in [0.2, 0.25) is 0 Å². The van der Waals surface area contributed by atoms with Crippen molar-refractivity contribution in [1.29, 1.82) is 0 Å². The third-order valence-electron chi connectivity index (χ3n) is 4.55. The summed E-state index contributed by atoms with van der Waals surface area (Å²) in [5, 5.41) is 13.8. The van der Waals surface area contributed by atoms with Gasteiger partial charge in [0.2, 0.25) is 0 Å². The van der Waals surface area contributed by atoms with Crippen LogP contribution in [0.15, 0.2) is 30.3 Å². The van der Waals surface area contributed by atoms with Crippen LogP contribution in [0.25, 0.3) is 10.9 Å². The number of aliphatic hydroxyl groups excluding tert-OH is 1. The second kappa shape index (κ2) is 7.07. The van der Waals surface area contributed by atoms with Crippen LogP contribution in [0.1, 0.15) is 18.5 Å². The maximum Gasteiger partial charge on any atom is 0.0725 e. The average molecular weight is 299 g/mol. The lowest BCUT2D eigenvalue weighted by molar-refractivity contribution is 0.151. The number of anilines is 1. The summed E-state index contributed by atoms with van der Waals surface area (Å²) in [5.41, 5.74) is 3.31. The molecule has 4 nitrogen and oxygen atoms in total. The van der Waals surface area contributed by atoms with Crippen molar-refractivity contribution in [3.8, 4) is 0 Å². The molecule has 0 aliphatic carbocycles. The molecular formula is C18H25N3O. The van der Waals surface area contributed by atoms with Crippen molar-refractivity contribution in [2.45, 2.75) is 19.8 Å². The number of likely N-dealkylation sites (tertiary alicyclic amines) is 1. The van der Waals surface area contributed by atoms with E-state index in [2.05, 4.69) is 39.5 Å². The highest BCUT2D eigenvalue weighted by molar-refractivity contribution is 5.91. The zero-order valence-corrected chi connectivity index (χ0v) is 13.3. The fourth-order valence-corrected chi connectivity index (χ4v) is 3.26. The Morgan fingerprint density at radius 2 is 2.05 bits per heavy atom. The zero-order valence-electron chi connectivity index (χ0n) is 13.3. The maximum absolute atomic E-state index is 9.00. The van der Waals surface area contributed by atoms with Crippen LogP contribution < -0.4 is 5.32 Å². The van der Waals surface area contributed by atoms with Crippen molar-refractivity contribution in [2.75, 3.05) is 38.1 Å². The van der Waals surface area contributed by atoms with Crippen molar-refractivity contribution in [3.05, 3.63) is 36.0 Å². The van der Waals surface area contributed by atoms with Gasteiger partial charge in [-0.15, -0.1) is 0 Å². The Kier molecular flexibility index (Phi) is 4.90. The number of β-amino-alcohol motifs (C(OH)–C–C–N with tert-alkyl or cyclic N) is 1. The van der Waals surface area contributed by atoms with Gasteiger partial charge in [-0.05, 0) is 50.9 Å². The Morgan fingerprint density at radius 1 is 1.27 bits per heavy atom. The Labute approximate surface area is 132 Å². The number of hydrogen-bond donors (Lipinski definition) is 2. The highest BCUT2D eigenvalue weighted by Gasteiger charge is 2.18. The SMILES string of the molecule is Cc1cc(NCC2CCN(CCO)CC2)c2ccccc2n1.